The molecule has 1 aromatic carbocycles. The Morgan fingerprint density at radius 3 is 2.72 bits per heavy atom. The van der Waals surface area contributed by atoms with Crippen LogP contribution in [0, 0.1) is 5.82 Å². The van der Waals surface area contributed by atoms with Gasteiger partial charge in [0.25, 0.3) is 0 Å². The molecule has 2 heterocycles. The molecule has 1 aromatic heterocycles. The fourth-order valence-corrected chi connectivity index (χ4v) is 4.10. The van der Waals surface area contributed by atoms with Crippen LogP contribution in [0.25, 0.3) is 0 Å². The molecule has 0 aliphatic carbocycles. The van der Waals surface area contributed by atoms with Crippen LogP contribution in [0.5, 0.6) is 0 Å². The van der Waals surface area contributed by atoms with Gasteiger partial charge in [0.15, 0.2) is 5.11 Å². The molecule has 1 atom stereocenters. The van der Waals surface area contributed by atoms with Crippen LogP contribution >= 0.6 is 23.6 Å². The Kier molecular flexibility index (Phi) is 6.39. The van der Waals surface area contributed by atoms with E-state index in [4.69, 9.17) is 12.2 Å². The lowest BCUT2D eigenvalue weighted by Crippen LogP contribution is -2.42. The molecule has 1 aliphatic heterocycles. The highest BCUT2D eigenvalue weighted by molar-refractivity contribution is 7.80. The highest BCUT2D eigenvalue weighted by atomic mass is 32.1. The smallest absolute Gasteiger partial charge is 0.169 e. The molecule has 0 amide bonds. The quantitative estimate of drug-likeness (QED) is 0.811. The zero-order chi connectivity index (χ0) is 17.6. The summed E-state index contributed by atoms with van der Waals surface area (Å²) in [4.78, 5) is 4.75. The number of thiophene rings is 1. The molecular weight excluding hydrogens is 353 g/mol. The number of rotatable bonds is 4. The summed E-state index contributed by atoms with van der Waals surface area (Å²) in [6, 6.07) is 8.86. The molecule has 3 nitrogen and oxygen atoms in total. The molecule has 1 unspecified atom stereocenters. The Bertz CT molecular complexity index is 672. The lowest BCUT2D eigenvalue weighted by Gasteiger charge is -2.27. The fourth-order valence-electron chi connectivity index (χ4n) is 3.08. The number of thiocarbonyl (C=S) groups is 1. The van der Waals surface area contributed by atoms with Crippen molar-refractivity contribution in [3.8, 4) is 0 Å². The van der Waals surface area contributed by atoms with Gasteiger partial charge < -0.3 is 10.2 Å². The first kappa shape index (κ1) is 18.3. The molecule has 1 fully saturated rings. The van der Waals surface area contributed by atoms with E-state index in [2.05, 4.69) is 38.9 Å². The summed E-state index contributed by atoms with van der Waals surface area (Å²) >= 11 is 7.37. The van der Waals surface area contributed by atoms with Crippen molar-refractivity contribution in [1.82, 2.24) is 15.1 Å². The fraction of sp³-hybridized carbons (Fsp3) is 0.421. The van der Waals surface area contributed by atoms with Gasteiger partial charge >= 0.3 is 0 Å². The van der Waals surface area contributed by atoms with Crippen LogP contribution in [0.1, 0.15) is 30.5 Å². The van der Waals surface area contributed by atoms with Gasteiger partial charge in [-0.2, -0.15) is 11.3 Å². The highest BCUT2D eigenvalue weighted by Gasteiger charge is 2.18. The largest absolute Gasteiger partial charge is 0.356 e. The van der Waals surface area contributed by atoms with E-state index >= 15 is 0 Å². The zero-order valence-electron chi connectivity index (χ0n) is 14.5. The predicted octanol–water partition coefficient (Wildman–Crippen LogP) is 4.03. The maximum absolute atomic E-state index is 13.1. The molecular formula is C19H24FN3S2. The van der Waals surface area contributed by atoms with Crippen molar-refractivity contribution in [1.29, 1.82) is 0 Å². The van der Waals surface area contributed by atoms with Crippen LogP contribution in [0.4, 0.5) is 4.39 Å². The molecule has 1 saturated heterocycles. The Hall–Kier alpha value is -1.50. The van der Waals surface area contributed by atoms with Gasteiger partial charge in [-0.25, -0.2) is 4.39 Å². The summed E-state index contributed by atoms with van der Waals surface area (Å²) in [6.07, 6.45) is 1.11. The van der Waals surface area contributed by atoms with E-state index in [1.54, 1.807) is 23.5 Å². The second-order valence-corrected chi connectivity index (χ2v) is 7.64. The molecule has 1 N–H and O–H groups in total. The van der Waals surface area contributed by atoms with Gasteiger partial charge in [-0.3, -0.25) is 4.90 Å². The van der Waals surface area contributed by atoms with Crippen LogP contribution in [0.15, 0.2) is 41.1 Å². The molecule has 0 bridgehead atoms. The van der Waals surface area contributed by atoms with Gasteiger partial charge in [-0.05, 0) is 65.6 Å². The number of halogens is 1. The van der Waals surface area contributed by atoms with Crippen LogP contribution in [0.2, 0.25) is 0 Å². The zero-order valence-corrected chi connectivity index (χ0v) is 16.1. The van der Waals surface area contributed by atoms with Crippen molar-refractivity contribution < 1.29 is 4.39 Å². The molecule has 3 rings (SSSR count). The van der Waals surface area contributed by atoms with E-state index in [-0.39, 0.29) is 11.9 Å². The number of hydrogen-bond donors (Lipinski definition) is 1. The van der Waals surface area contributed by atoms with Gasteiger partial charge in [-0.15, -0.1) is 0 Å². The molecule has 0 spiro atoms. The van der Waals surface area contributed by atoms with Crippen molar-refractivity contribution in [3.05, 3.63) is 58.0 Å². The van der Waals surface area contributed by atoms with Gasteiger partial charge in [0.1, 0.15) is 5.82 Å². The second-order valence-electron chi connectivity index (χ2n) is 6.47. The molecule has 1 aliphatic rings. The third-order valence-corrected chi connectivity index (χ3v) is 5.68. The van der Waals surface area contributed by atoms with Crippen LogP contribution < -0.4 is 5.32 Å². The maximum Gasteiger partial charge on any atom is 0.169 e. The number of hydrogen-bond acceptors (Lipinski definition) is 3. The van der Waals surface area contributed by atoms with Gasteiger partial charge in [0.05, 0.1) is 6.04 Å². The minimum atomic E-state index is -0.211. The molecule has 2 aromatic rings. The Morgan fingerprint density at radius 2 is 2.00 bits per heavy atom. The minimum Gasteiger partial charge on any atom is -0.356 e. The Morgan fingerprint density at radius 1 is 1.20 bits per heavy atom. The van der Waals surface area contributed by atoms with E-state index < -0.39 is 0 Å². The van der Waals surface area contributed by atoms with Gasteiger partial charge in [-0.1, -0.05) is 12.1 Å². The number of nitrogens with one attached hydrogen (secondary N) is 1. The summed E-state index contributed by atoms with van der Waals surface area (Å²) < 4.78 is 13.1. The van der Waals surface area contributed by atoms with Crippen LogP contribution in [0.3, 0.4) is 0 Å². The van der Waals surface area contributed by atoms with Crippen molar-refractivity contribution in [3.63, 3.8) is 0 Å². The van der Waals surface area contributed by atoms with Crippen molar-refractivity contribution in [2.24, 2.45) is 0 Å². The topological polar surface area (TPSA) is 18.5 Å². The summed E-state index contributed by atoms with van der Waals surface area (Å²) in [6.45, 7) is 7.10. The molecule has 134 valence electrons. The third-order valence-electron chi connectivity index (χ3n) is 4.57. The first-order valence-electron chi connectivity index (χ1n) is 8.66. The van der Waals surface area contributed by atoms with Gasteiger partial charge in [0.2, 0.25) is 0 Å². The summed E-state index contributed by atoms with van der Waals surface area (Å²) in [5.41, 5.74) is 2.43. The molecule has 25 heavy (non-hydrogen) atoms. The molecule has 0 radical (unpaired) electrons. The Balaban J connectivity index is 1.51. The SMILES string of the molecule is CC(NC(=S)N1CCCN(Cc2ccsc2)CC1)c1ccc(F)cc1. The number of nitrogens with zero attached hydrogens (tertiary/aromatic N) is 2. The first-order chi connectivity index (χ1) is 12.1. The van der Waals surface area contributed by atoms with Crippen LogP contribution in [-0.4, -0.2) is 41.1 Å². The lowest BCUT2D eigenvalue weighted by atomic mass is 10.1. The lowest BCUT2D eigenvalue weighted by molar-refractivity contribution is 0.278. The summed E-state index contributed by atoms with van der Waals surface area (Å²) in [5, 5.41) is 8.53. The van der Waals surface area contributed by atoms with Crippen LogP contribution in [-0.2, 0) is 6.54 Å². The Labute approximate surface area is 158 Å². The average molecular weight is 378 g/mol. The third kappa shape index (κ3) is 5.23. The van der Waals surface area contributed by atoms with Crippen molar-refractivity contribution in [2.75, 3.05) is 26.2 Å². The average Bonchev–Trinajstić information content (AvgIpc) is 2.99. The minimum absolute atomic E-state index is 0.0678. The van der Waals surface area contributed by atoms with Crippen molar-refractivity contribution in [2.45, 2.75) is 25.9 Å². The van der Waals surface area contributed by atoms with Gasteiger partial charge in [0, 0.05) is 32.7 Å². The number of benzene rings is 1. The monoisotopic (exact) mass is 377 g/mol. The van der Waals surface area contributed by atoms with E-state index in [0.717, 1.165) is 49.8 Å². The summed E-state index contributed by atoms with van der Waals surface area (Å²) in [5.74, 6) is -0.211. The molecule has 0 saturated carbocycles. The standard InChI is InChI=1S/C19H24FN3S2/c1-15(17-3-5-18(20)6-4-17)21-19(24)23-9-2-8-22(10-11-23)13-16-7-12-25-14-16/h3-7,12,14-15H,2,8-11,13H2,1H3,(H,21,24). The second kappa shape index (κ2) is 8.74. The van der Waals surface area contributed by atoms with E-state index in [0.29, 0.717) is 0 Å². The van der Waals surface area contributed by atoms with E-state index in [1.165, 1.54) is 17.7 Å². The first-order valence-corrected chi connectivity index (χ1v) is 10.0. The highest BCUT2D eigenvalue weighted by Crippen LogP contribution is 2.15. The summed E-state index contributed by atoms with van der Waals surface area (Å²) in [7, 11) is 0. The van der Waals surface area contributed by atoms with E-state index in [1.807, 2.05) is 0 Å². The normalized spacial score (nSPS) is 17.1. The van der Waals surface area contributed by atoms with E-state index in [9.17, 15) is 4.39 Å². The molecule has 6 heteroatoms. The predicted molar refractivity (Wildman–Crippen MR) is 106 cm³/mol. The maximum atomic E-state index is 13.1. The van der Waals surface area contributed by atoms with Crippen molar-refractivity contribution >= 4 is 28.7 Å².